The Labute approximate surface area is 102 Å². The summed E-state index contributed by atoms with van der Waals surface area (Å²) in [5.41, 5.74) is 4.12. The molecule has 0 unspecified atom stereocenters. The van der Waals surface area contributed by atoms with Crippen LogP contribution in [0.1, 0.15) is 42.9 Å². The second-order valence-corrected chi connectivity index (χ2v) is 4.91. The van der Waals surface area contributed by atoms with Gasteiger partial charge >= 0.3 is 0 Å². The standard InChI is InChI=1S/C14H19Br/c1-4-13-8-7-12(6-5-9-15)10-14(13)11(2)3/h4,7-8,10-11H,1,5-6,9H2,2-3H3. The highest BCUT2D eigenvalue weighted by Gasteiger charge is 2.05. The van der Waals surface area contributed by atoms with Gasteiger partial charge in [0.1, 0.15) is 0 Å². The van der Waals surface area contributed by atoms with Crippen LogP contribution in [0.4, 0.5) is 0 Å². The van der Waals surface area contributed by atoms with Crippen molar-refractivity contribution in [2.24, 2.45) is 0 Å². The Morgan fingerprint density at radius 3 is 2.67 bits per heavy atom. The van der Waals surface area contributed by atoms with Crippen LogP contribution >= 0.6 is 15.9 Å². The van der Waals surface area contributed by atoms with E-state index in [4.69, 9.17) is 0 Å². The third-order valence-corrected chi connectivity index (χ3v) is 3.15. The largest absolute Gasteiger partial charge is 0.0985 e. The maximum atomic E-state index is 3.86. The number of alkyl halides is 1. The highest BCUT2D eigenvalue weighted by molar-refractivity contribution is 9.09. The molecule has 0 atom stereocenters. The summed E-state index contributed by atoms with van der Waals surface area (Å²) in [6.45, 7) is 8.32. The fraction of sp³-hybridized carbons (Fsp3) is 0.429. The van der Waals surface area contributed by atoms with E-state index in [9.17, 15) is 0 Å². The van der Waals surface area contributed by atoms with Crippen LogP contribution in [0.5, 0.6) is 0 Å². The number of benzene rings is 1. The first kappa shape index (κ1) is 12.5. The Morgan fingerprint density at radius 2 is 2.13 bits per heavy atom. The minimum atomic E-state index is 0.571. The average Bonchev–Trinajstić information content (AvgIpc) is 2.25. The van der Waals surface area contributed by atoms with E-state index >= 15 is 0 Å². The topological polar surface area (TPSA) is 0 Å². The normalized spacial score (nSPS) is 10.7. The molecule has 0 aliphatic rings. The SMILES string of the molecule is C=Cc1ccc(CCCBr)cc1C(C)C. The third kappa shape index (κ3) is 3.49. The van der Waals surface area contributed by atoms with E-state index in [1.165, 1.54) is 23.1 Å². The van der Waals surface area contributed by atoms with Gasteiger partial charge in [-0.15, -0.1) is 0 Å². The summed E-state index contributed by atoms with van der Waals surface area (Å²) in [5.74, 6) is 0.571. The van der Waals surface area contributed by atoms with Crippen LogP contribution in [0.3, 0.4) is 0 Å². The van der Waals surface area contributed by atoms with Crippen LogP contribution in [-0.4, -0.2) is 5.33 Å². The lowest BCUT2D eigenvalue weighted by Gasteiger charge is -2.12. The molecule has 0 N–H and O–H groups in total. The third-order valence-electron chi connectivity index (χ3n) is 2.59. The van der Waals surface area contributed by atoms with Gasteiger partial charge in [0.25, 0.3) is 0 Å². The van der Waals surface area contributed by atoms with Crippen LogP contribution in [0.25, 0.3) is 6.08 Å². The first-order valence-electron chi connectivity index (χ1n) is 5.50. The van der Waals surface area contributed by atoms with E-state index in [-0.39, 0.29) is 0 Å². The molecule has 0 saturated heterocycles. The van der Waals surface area contributed by atoms with Crippen molar-refractivity contribution in [3.05, 3.63) is 41.5 Å². The minimum Gasteiger partial charge on any atom is -0.0985 e. The molecular weight excluding hydrogens is 248 g/mol. The van der Waals surface area contributed by atoms with Gasteiger partial charge in [0, 0.05) is 5.33 Å². The first-order valence-corrected chi connectivity index (χ1v) is 6.62. The molecule has 82 valence electrons. The highest BCUT2D eigenvalue weighted by Crippen LogP contribution is 2.22. The Hall–Kier alpha value is -0.560. The predicted molar refractivity (Wildman–Crippen MR) is 72.7 cm³/mol. The number of hydrogen-bond acceptors (Lipinski definition) is 0. The molecule has 0 spiro atoms. The van der Waals surface area contributed by atoms with Crippen LogP contribution in [0.2, 0.25) is 0 Å². The fourth-order valence-corrected chi connectivity index (χ4v) is 2.02. The molecule has 0 saturated carbocycles. The van der Waals surface area contributed by atoms with Crippen molar-refractivity contribution < 1.29 is 0 Å². The maximum Gasteiger partial charge on any atom is 0.00344 e. The van der Waals surface area contributed by atoms with Crippen molar-refractivity contribution >= 4 is 22.0 Å². The van der Waals surface area contributed by atoms with Crippen LogP contribution in [0, 0.1) is 0 Å². The summed E-state index contributed by atoms with van der Waals surface area (Å²) in [6, 6.07) is 6.72. The molecule has 0 fully saturated rings. The van der Waals surface area contributed by atoms with Crippen LogP contribution < -0.4 is 0 Å². The predicted octanol–water partition coefficient (Wildman–Crippen LogP) is 4.78. The van der Waals surface area contributed by atoms with Gasteiger partial charge in [-0.25, -0.2) is 0 Å². The molecule has 1 aromatic carbocycles. The van der Waals surface area contributed by atoms with E-state index in [1.54, 1.807) is 0 Å². The lowest BCUT2D eigenvalue weighted by Crippen LogP contribution is -1.95. The van der Waals surface area contributed by atoms with E-state index in [0.29, 0.717) is 5.92 Å². The molecule has 0 amide bonds. The fourth-order valence-electron chi connectivity index (χ4n) is 1.74. The molecule has 0 radical (unpaired) electrons. The molecule has 15 heavy (non-hydrogen) atoms. The van der Waals surface area contributed by atoms with E-state index in [1.807, 2.05) is 6.08 Å². The molecule has 0 nitrogen and oxygen atoms in total. The van der Waals surface area contributed by atoms with Crippen molar-refractivity contribution in [3.63, 3.8) is 0 Å². The van der Waals surface area contributed by atoms with Gasteiger partial charge in [0.05, 0.1) is 0 Å². The summed E-state index contributed by atoms with van der Waals surface area (Å²) >= 11 is 3.47. The molecule has 0 aromatic heterocycles. The Bertz CT molecular complexity index is 326. The summed E-state index contributed by atoms with van der Waals surface area (Å²) < 4.78 is 0. The van der Waals surface area contributed by atoms with E-state index < -0.39 is 0 Å². The molecule has 0 heterocycles. The molecule has 0 aliphatic carbocycles. The van der Waals surface area contributed by atoms with Crippen molar-refractivity contribution in [1.82, 2.24) is 0 Å². The lowest BCUT2D eigenvalue weighted by molar-refractivity contribution is 0.853. The van der Waals surface area contributed by atoms with Gasteiger partial charge in [-0.3, -0.25) is 0 Å². The molecule has 0 aliphatic heterocycles. The van der Waals surface area contributed by atoms with Crippen LogP contribution in [-0.2, 0) is 6.42 Å². The average molecular weight is 267 g/mol. The van der Waals surface area contributed by atoms with Crippen molar-refractivity contribution in [2.75, 3.05) is 5.33 Å². The van der Waals surface area contributed by atoms with Gasteiger partial charge in [0.2, 0.25) is 0 Å². The van der Waals surface area contributed by atoms with Gasteiger partial charge in [0.15, 0.2) is 0 Å². The van der Waals surface area contributed by atoms with Crippen molar-refractivity contribution in [3.8, 4) is 0 Å². The molecule has 1 heteroatoms. The minimum absolute atomic E-state index is 0.571. The lowest BCUT2D eigenvalue weighted by atomic mass is 9.94. The zero-order valence-corrected chi connectivity index (χ0v) is 11.2. The number of hydrogen-bond donors (Lipinski definition) is 0. The zero-order chi connectivity index (χ0) is 11.3. The summed E-state index contributed by atoms with van der Waals surface area (Å²) in [5, 5.41) is 1.08. The maximum absolute atomic E-state index is 3.86. The second-order valence-electron chi connectivity index (χ2n) is 4.11. The molecule has 1 rings (SSSR count). The van der Waals surface area contributed by atoms with E-state index in [2.05, 4.69) is 54.6 Å². The quantitative estimate of drug-likeness (QED) is 0.673. The Kier molecular flexibility index (Phi) is 5.10. The first-order chi connectivity index (χ1) is 7.19. The zero-order valence-electron chi connectivity index (χ0n) is 9.59. The second kappa shape index (κ2) is 6.12. The Balaban J connectivity index is 2.94. The van der Waals surface area contributed by atoms with Gasteiger partial charge < -0.3 is 0 Å². The van der Waals surface area contributed by atoms with Crippen molar-refractivity contribution in [2.45, 2.75) is 32.6 Å². The molecular formula is C14H19Br. The van der Waals surface area contributed by atoms with E-state index in [0.717, 1.165) is 11.8 Å². The van der Waals surface area contributed by atoms with Gasteiger partial charge in [-0.1, -0.05) is 60.6 Å². The molecule has 0 bridgehead atoms. The number of rotatable bonds is 5. The number of halogens is 1. The Morgan fingerprint density at radius 1 is 1.40 bits per heavy atom. The molecule has 1 aromatic rings. The smallest absolute Gasteiger partial charge is 0.00344 e. The van der Waals surface area contributed by atoms with Gasteiger partial charge in [-0.05, 0) is 35.4 Å². The highest BCUT2D eigenvalue weighted by atomic mass is 79.9. The van der Waals surface area contributed by atoms with Gasteiger partial charge in [-0.2, -0.15) is 0 Å². The summed E-state index contributed by atoms with van der Waals surface area (Å²) in [7, 11) is 0. The van der Waals surface area contributed by atoms with Crippen LogP contribution in [0.15, 0.2) is 24.8 Å². The summed E-state index contributed by atoms with van der Waals surface area (Å²) in [6.07, 6.45) is 4.30. The number of aryl methyl sites for hydroxylation is 1. The van der Waals surface area contributed by atoms with Crippen molar-refractivity contribution in [1.29, 1.82) is 0 Å². The monoisotopic (exact) mass is 266 g/mol. The summed E-state index contributed by atoms with van der Waals surface area (Å²) in [4.78, 5) is 0.